The second-order valence-corrected chi connectivity index (χ2v) is 11.7. The van der Waals surface area contributed by atoms with E-state index in [0.29, 0.717) is 59.0 Å². The third kappa shape index (κ3) is 5.67. The van der Waals surface area contributed by atoms with Gasteiger partial charge >= 0.3 is 0 Å². The highest BCUT2D eigenvalue weighted by Gasteiger charge is 2.40. The van der Waals surface area contributed by atoms with E-state index in [0.717, 1.165) is 0 Å². The van der Waals surface area contributed by atoms with Crippen molar-refractivity contribution in [2.45, 2.75) is 44.5 Å². The van der Waals surface area contributed by atoms with Crippen LogP contribution in [0, 0.1) is 11.6 Å². The molecule has 4 heterocycles. The molecule has 46 heavy (non-hydrogen) atoms. The van der Waals surface area contributed by atoms with Crippen molar-refractivity contribution in [3.05, 3.63) is 82.1 Å². The number of imide groups is 1. The van der Waals surface area contributed by atoms with E-state index in [2.05, 4.69) is 25.9 Å². The fraction of sp³-hybridized carbons (Fsp3) is 0.281. The molecular formula is C32H27ClF2N6O5. The smallest absolute Gasteiger partial charge is 0.255 e. The lowest BCUT2D eigenvalue weighted by atomic mass is 10.0. The maximum atomic E-state index is 15.9. The number of fused-ring (bicyclic) bond motifs is 2. The Morgan fingerprint density at radius 1 is 1.09 bits per heavy atom. The predicted molar refractivity (Wildman–Crippen MR) is 164 cm³/mol. The summed E-state index contributed by atoms with van der Waals surface area (Å²) in [5.74, 6) is -1.58. The van der Waals surface area contributed by atoms with Crippen molar-refractivity contribution in [2.24, 2.45) is 0 Å². The SMILES string of the molecule is O=C1CCC(N2Cc3c(ccc(CNc4cc5c(Nc6ccc(F)c(Cl)c6)ncnc5cc4O[C@H]4CCOC4)c3F)C2=O)C(=O)N1. The molecular weight excluding hydrogens is 622 g/mol. The standard InChI is InChI=1S/C32H27ClF2N6O5/c33-22-9-17(2-4-23(22)34)39-30-20-10-25(27(11-24(20)37-15-38-30)46-18-7-8-45-14-18)36-12-16-1-3-19-21(29(16)35)13-41(32(19)44)26-5-6-28(42)40-31(26)43/h1-4,9-11,15,18,26,36H,5-8,12-14H2,(H,37,38,39)(H,40,42,43)/t18-,26?/m0/s1. The van der Waals surface area contributed by atoms with Crippen molar-refractivity contribution < 1.29 is 32.6 Å². The molecule has 0 saturated carbocycles. The van der Waals surface area contributed by atoms with Gasteiger partial charge in [0.2, 0.25) is 11.8 Å². The number of halogens is 3. The van der Waals surface area contributed by atoms with Crippen LogP contribution in [0.25, 0.3) is 10.9 Å². The molecule has 14 heteroatoms. The molecule has 3 aliphatic heterocycles. The van der Waals surface area contributed by atoms with E-state index in [1.54, 1.807) is 18.2 Å². The van der Waals surface area contributed by atoms with E-state index in [4.69, 9.17) is 21.1 Å². The van der Waals surface area contributed by atoms with Gasteiger partial charge in [-0.3, -0.25) is 19.7 Å². The number of ether oxygens (including phenoxy) is 2. The Kier molecular flexibility index (Phi) is 7.87. The summed E-state index contributed by atoms with van der Waals surface area (Å²) in [5, 5.41) is 9.25. The number of rotatable bonds is 8. The van der Waals surface area contributed by atoms with E-state index in [1.165, 1.54) is 35.5 Å². The molecule has 0 radical (unpaired) electrons. The van der Waals surface area contributed by atoms with Gasteiger partial charge in [0.05, 0.1) is 36.0 Å². The lowest BCUT2D eigenvalue weighted by Crippen LogP contribution is -2.52. The first-order chi connectivity index (χ1) is 22.2. The topological polar surface area (TPSA) is 135 Å². The highest BCUT2D eigenvalue weighted by Crippen LogP contribution is 2.36. The molecule has 0 aliphatic carbocycles. The zero-order chi connectivity index (χ0) is 31.9. The molecule has 7 rings (SSSR count). The summed E-state index contributed by atoms with van der Waals surface area (Å²) in [5.41, 5.74) is 2.32. The highest BCUT2D eigenvalue weighted by atomic mass is 35.5. The normalized spacial score (nSPS) is 19.4. The Labute approximate surface area is 266 Å². The number of aromatic nitrogens is 2. The molecule has 0 spiro atoms. The molecule has 2 fully saturated rings. The van der Waals surface area contributed by atoms with Gasteiger partial charge in [-0.05, 0) is 36.8 Å². The van der Waals surface area contributed by atoms with Gasteiger partial charge in [0.15, 0.2) is 0 Å². The fourth-order valence-corrected chi connectivity index (χ4v) is 6.08. The average Bonchev–Trinajstić information content (AvgIpc) is 3.67. The van der Waals surface area contributed by atoms with Crippen molar-refractivity contribution in [2.75, 3.05) is 23.8 Å². The minimum Gasteiger partial charge on any atom is -0.486 e. The van der Waals surface area contributed by atoms with Gasteiger partial charge < -0.3 is 25.0 Å². The van der Waals surface area contributed by atoms with Gasteiger partial charge in [-0.2, -0.15) is 0 Å². The minimum absolute atomic E-state index is 0.0405. The number of piperidine rings is 1. The van der Waals surface area contributed by atoms with Gasteiger partial charge in [-0.1, -0.05) is 17.7 Å². The second kappa shape index (κ2) is 12.1. The molecule has 236 valence electrons. The molecule has 2 saturated heterocycles. The molecule has 4 aromatic rings. The number of hydrogen-bond donors (Lipinski definition) is 3. The number of carbonyl (C=O) groups is 3. The van der Waals surface area contributed by atoms with Crippen molar-refractivity contribution in [3.63, 3.8) is 0 Å². The van der Waals surface area contributed by atoms with Gasteiger partial charge in [-0.15, -0.1) is 0 Å². The fourth-order valence-electron chi connectivity index (χ4n) is 5.89. The van der Waals surface area contributed by atoms with Crippen LogP contribution < -0.4 is 20.7 Å². The van der Waals surface area contributed by atoms with Crippen LogP contribution in [0.15, 0.2) is 48.8 Å². The van der Waals surface area contributed by atoms with E-state index in [9.17, 15) is 18.8 Å². The molecule has 11 nitrogen and oxygen atoms in total. The van der Waals surface area contributed by atoms with E-state index < -0.39 is 35.4 Å². The summed E-state index contributed by atoms with van der Waals surface area (Å²) in [6.45, 7) is 0.966. The Morgan fingerprint density at radius 2 is 1.96 bits per heavy atom. The van der Waals surface area contributed by atoms with Gasteiger partial charge in [0, 0.05) is 53.2 Å². The van der Waals surface area contributed by atoms with Crippen LogP contribution in [-0.4, -0.2) is 57.9 Å². The first-order valence-electron chi connectivity index (χ1n) is 14.7. The molecule has 1 unspecified atom stereocenters. The summed E-state index contributed by atoms with van der Waals surface area (Å²) in [6, 6.07) is 10.0. The van der Waals surface area contributed by atoms with Gasteiger partial charge in [0.1, 0.15) is 41.7 Å². The maximum Gasteiger partial charge on any atom is 0.255 e. The van der Waals surface area contributed by atoms with Gasteiger partial charge in [0.25, 0.3) is 5.91 Å². The lowest BCUT2D eigenvalue weighted by Gasteiger charge is -2.29. The van der Waals surface area contributed by atoms with Crippen molar-refractivity contribution >= 4 is 57.4 Å². The Hall–Kier alpha value is -4.88. The molecule has 3 amide bonds. The summed E-state index contributed by atoms with van der Waals surface area (Å²) < 4.78 is 41.4. The minimum atomic E-state index is -0.841. The number of benzene rings is 3. The molecule has 1 aromatic heterocycles. The van der Waals surface area contributed by atoms with Crippen molar-refractivity contribution in [1.29, 1.82) is 0 Å². The zero-order valence-corrected chi connectivity index (χ0v) is 25.0. The van der Waals surface area contributed by atoms with Crippen molar-refractivity contribution in [3.8, 4) is 5.75 Å². The van der Waals surface area contributed by atoms with Crippen LogP contribution >= 0.6 is 11.6 Å². The van der Waals surface area contributed by atoms with Crippen LogP contribution in [0.3, 0.4) is 0 Å². The van der Waals surface area contributed by atoms with Crippen LogP contribution in [0.4, 0.5) is 26.0 Å². The number of nitrogens with one attached hydrogen (secondary N) is 3. The molecule has 3 N–H and O–H groups in total. The molecule has 3 aromatic carbocycles. The Morgan fingerprint density at radius 3 is 2.74 bits per heavy atom. The third-order valence-electron chi connectivity index (χ3n) is 8.30. The first kappa shape index (κ1) is 29.8. The van der Waals surface area contributed by atoms with Crippen LogP contribution in [0.5, 0.6) is 5.75 Å². The molecule has 3 aliphatic rings. The number of amides is 3. The van der Waals surface area contributed by atoms with E-state index in [1.807, 2.05) is 0 Å². The van der Waals surface area contributed by atoms with E-state index >= 15 is 4.39 Å². The van der Waals surface area contributed by atoms with E-state index in [-0.39, 0.29) is 48.2 Å². The average molecular weight is 649 g/mol. The quantitative estimate of drug-likeness (QED) is 0.229. The van der Waals surface area contributed by atoms with Crippen LogP contribution in [-0.2, 0) is 27.4 Å². The third-order valence-corrected chi connectivity index (χ3v) is 8.59. The predicted octanol–water partition coefficient (Wildman–Crippen LogP) is 4.85. The summed E-state index contributed by atoms with van der Waals surface area (Å²) >= 11 is 5.97. The van der Waals surface area contributed by atoms with Crippen molar-refractivity contribution in [1.82, 2.24) is 20.2 Å². The number of anilines is 3. The second-order valence-electron chi connectivity index (χ2n) is 11.3. The largest absolute Gasteiger partial charge is 0.486 e. The maximum absolute atomic E-state index is 15.9. The summed E-state index contributed by atoms with van der Waals surface area (Å²) in [7, 11) is 0. The summed E-state index contributed by atoms with van der Waals surface area (Å²) in [6.07, 6.45) is 2.21. The number of nitrogens with zero attached hydrogens (tertiary/aromatic N) is 3. The monoisotopic (exact) mass is 648 g/mol. The highest BCUT2D eigenvalue weighted by molar-refractivity contribution is 6.31. The first-order valence-corrected chi connectivity index (χ1v) is 15.1. The van der Waals surface area contributed by atoms with Crippen LogP contribution in [0.1, 0.15) is 40.7 Å². The Bertz CT molecular complexity index is 1900. The molecule has 0 bridgehead atoms. The lowest BCUT2D eigenvalue weighted by molar-refractivity contribution is -0.136. The zero-order valence-electron chi connectivity index (χ0n) is 24.2. The Balaban J connectivity index is 1.17. The number of hydrogen-bond acceptors (Lipinski definition) is 9. The van der Waals surface area contributed by atoms with Crippen LogP contribution in [0.2, 0.25) is 5.02 Å². The summed E-state index contributed by atoms with van der Waals surface area (Å²) in [4.78, 5) is 47.2. The number of carbonyl (C=O) groups excluding carboxylic acids is 3. The van der Waals surface area contributed by atoms with Gasteiger partial charge in [-0.25, -0.2) is 18.7 Å². The molecule has 2 atom stereocenters.